The van der Waals surface area contributed by atoms with E-state index in [2.05, 4.69) is 41.4 Å². The van der Waals surface area contributed by atoms with E-state index in [1.807, 2.05) is 6.07 Å². The summed E-state index contributed by atoms with van der Waals surface area (Å²) in [6.45, 7) is 4.62. The predicted octanol–water partition coefficient (Wildman–Crippen LogP) is 1.85. The third-order valence-corrected chi connectivity index (χ3v) is 5.03. The Bertz CT molecular complexity index is 530. The van der Waals surface area contributed by atoms with Crippen molar-refractivity contribution in [1.82, 2.24) is 10.2 Å². The maximum absolute atomic E-state index is 11.4. The van der Waals surface area contributed by atoms with Crippen molar-refractivity contribution in [3.63, 3.8) is 0 Å². The first kappa shape index (κ1) is 16.5. The van der Waals surface area contributed by atoms with Crippen molar-refractivity contribution in [3.05, 3.63) is 35.9 Å². The highest BCUT2D eigenvalue weighted by atomic mass is 32.2. The lowest BCUT2D eigenvalue weighted by atomic mass is 10.00. The summed E-state index contributed by atoms with van der Waals surface area (Å²) in [5, 5.41) is 3.61. The van der Waals surface area contributed by atoms with E-state index < -0.39 is 9.84 Å². The zero-order chi connectivity index (χ0) is 15.3. The first-order valence-electron chi connectivity index (χ1n) is 7.69. The molecule has 2 unspecified atom stereocenters. The van der Waals surface area contributed by atoms with Crippen LogP contribution < -0.4 is 5.32 Å². The summed E-state index contributed by atoms with van der Waals surface area (Å²) in [7, 11) is -2.91. The predicted molar refractivity (Wildman–Crippen MR) is 87.2 cm³/mol. The Morgan fingerprint density at radius 3 is 2.62 bits per heavy atom. The molecule has 0 amide bonds. The molecule has 5 heteroatoms. The van der Waals surface area contributed by atoms with Crippen LogP contribution in [0.15, 0.2) is 30.3 Å². The van der Waals surface area contributed by atoms with Crippen LogP contribution in [0.1, 0.15) is 31.4 Å². The molecule has 1 heterocycles. The molecule has 21 heavy (non-hydrogen) atoms. The van der Waals surface area contributed by atoms with E-state index in [1.165, 1.54) is 11.8 Å². The molecular weight excluding hydrogens is 284 g/mol. The fraction of sp³-hybridized carbons (Fsp3) is 0.625. The topological polar surface area (TPSA) is 49.4 Å². The zero-order valence-corrected chi connectivity index (χ0v) is 13.8. The summed E-state index contributed by atoms with van der Waals surface area (Å²) in [4.78, 5) is 2.35. The molecule has 4 nitrogen and oxygen atoms in total. The third kappa shape index (κ3) is 5.09. The minimum atomic E-state index is -2.91. The lowest BCUT2D eigenvalue weighted by Gasteiger charge is -2.40. The molecule has 2 atom stereocenters. The Balaban J connectivity index is 2.04. The van der Waals surface area contributed by atoms with Crippen LogP contribution in [0.2, 0.25) is 0 Å². The molecule has 1 N–H and O–H groups in total. The number of rotatable bonds is 6. The van der Waals surface area contributed by atoms with Crippen molar-refractivity contribution >= 4 is 9.84 Å². The minimum Gasteiger partial charge on any atom is -0.307 e. The van der Waals surface area contributed by atoms with Crippen molar-refractivity contribution in [1.29, 1.82) is 0 Å². The van der Waals surface area contributed by atoms with Crippen molar-refractivity contribution in [2.75, 3.05) is 31.6 Å². The highest BCUT2D eigenvalue weighted by Gasteiger charge is 2.28. The Morgan fingerprint density at radius 2 is 2.00 bits per heavy atom. The largest absolute Gasteiger partial charge is 0.307 e. The smallest absolute Gasteiger partial charge is 0.148 e. The van der Waals surface area contributed by atoms with Crippen LogP contribution in [0.4, 0.5) is 0 Å². The van der Waals surface area contributed by atoms with E-state index in [0.717, 1.165) is 25.9 Å². The standard InChI is InChI=1S/C16H26N2O2S/c1-3-7-15-12-17-16(14-8-5-4-6-9-14)13-18(15)10-11-21(2,19)20/h4-6,8-9,15-17H,3,7,10-13H2,1-2H3. The molecule has 1 aromatic carbocycles. The highest BCUT2D eigenvalue weighted by Crippen LogP contribution is 2.21. The van der Waals surface area contributed by atoms with Gasteiger partial charge in [-0.15, -0.1) is 0 Å². The van der Waals surface area contributed by atoms with Crippen LogP contribution in [-0.4, -0.2) is 51.0 Å². The van der Waals surface area contributed by atoms with Gasteiger partial charge in [0.15, 0.2) is 0 Å². The summed E-state index contributed by atoms with van der Waals surface area (Å²) in [6, 6.07) is 11.1. The molecule has 1 aromatic rings. The van der Waals surface area contributed by atoms with E-state index in [0.29, 0.717) is 18.6 Å². The van der Waals surface area contributed by atoms with Crippen LogP contribution in [-0.2, 0) is 9.84 Å². The Kier molecular flexibility index (Phi) is 5.79. The Labute approximate surface area is 128 Å². The van der Waals surface area contributed by atoms with E-state index in [4.69, 9.17) is 0 Å². The number of sulfone groups is 1. The summed E-state index contributed by atoms with van der Waals surface area (Å²) in [5.74, 6) is 0.245. The fourth-order valence-corrected chi connectivity index (χ4v) is 3.51. The van der Waals surface area contributed by atoms with Crippen molar-refractivity contribution in [3.8, 4) is 0 Å². The molecule has 1 aliphatic rings. The molecular formula is C16H26N2O2S. The van der Waals surface area contributed by atoms with Crippen LogP contribution in [0, 0.1) is 0 Å². The Hall–Kier alpha value is -0.910. The molecule has 0 radical (unpaired) electrons. The zero-order valence-electron chi connectivity index (χ0n) is 13.0. The van der Waals surface area contributed by atoms with Gasteiger partial charge in [-0.3, -0.25) is 4.90 Å². The molecule has 118 valence electrons. The SMILES string of the molecule is CCCC1CNC(c2ccccc2)CN1CCS(C)(=O)=O. The Morgan fingerprint density at radius 1 is 1.29 bits per heavy atom. The van der Waals surface area contributed by atoms with E-state index in [9.17, 15) is 8.42 Å². The normalized spacial score (nSPS) is 24.1. The monoisotopic (exact) mass is 310 g/mol. The molecule has 0 spiro atoms. The van der Waals surface area contributed by atoms with Gasteiger partial charge in [-0.25, -0.2) is 8.42 Å². The maximum atomic E-state index is 11.4. The van der Waals surface area contributed by atoms with Crippen LogP contribution in [0.3, 0.4) is 0 Å². The summed E-state index contributed by atoms with van der Waals surface area (Å²) in [5.41, 5.74) is 1.27. The van der Waals surface area contributed by atoms with Crippen molar-refractivity contribution < 1.29 is 8.42 Å². The lowest BCUT2D eigenvalue weighted by Crippen LogP contribution is -2.53. The molecule has 1 aliphatic heterocycles. The number of hydrogen-bond acceptors (Lipinski definition) is 4. The van der Waals surface area contributed by atoms with Crippen molar-refractivity contribution in [2.24, 2.45) is 0 Å². The van der Waals surface area contributed by atoms with E-state index in [1.54, 1.807) is 0 Å². The summed E-state index contributed by atoms with van der Waals surface area (Å²) < 4.78 is 22.9. The van der Waals surface area contributed by atoms with Gasteiger partial charge in [0.2, 0.25) is 0 Å². The first-order chi connectivity index (χ1) is 9.99. The van der Waals surface area contributed by atoms with Gasteiger partial charge in [0.1, 0.15) is 9.84 Å². The van der Waals surface area contributed by atoms with Gasteiger partial charge < -0.3 is 5.32 Å². The molecule has 0 aliphatic carbocycles. The van der Waals surface area contributed by atoms with Gasteiger partial charge >= 0.3 is 0 Å². The van der Waals surface area contributed by atoms with E-state index in [-0.39, 0.29) is 5.75 Å². The maximum Gasteiger partial charge on any atom is 0.148 e. The molecule has 1 saturated heterocycles. The number of nitrogens with zero attached hydrogens (tertiary/aromatic N) is 1. The molecule has 2 rings (SSSR count). The van der Waals surface area contributed by atoms with Gasteiger partial charge in [0, 0.05) is 38.0 Å². The van der Waals surface area contributed by atoms with Crippen LogP contribution in [0.25, 0.3) is 0 Å². The first-order valence-corrected chi connectivity index (χ1v) is 9.75. The van der Waals surface area contributed by atoms with Gasteiger partial charge in [-0.1, -0.05) is 43.7 Å². The molecule has 0 aromatic heterocycles. The molecule has 1 fully saturated rings. The average molecular weight is 310 g/mol. The fourth-order valence-electron chi connectivity index (χ4n) is 2.94. The number of piperazine rings is 1. The van der Waals surface area contributed by atoms with Gasteiger partial charge in [-0.05, 0) is 12.0 Å². The lowest BCUT2D eigenvalue weighted by molar-refractivity contribution is 0.130. The average Bonchev–Trinajstić information content (AvgIpc) is 2.46. The number of benzene rings is 1. The second-order valence-electron chi connectivity index (χ2n) is 5.94. The van der Waals surface area contributed by atoms with Gasteiger partial charge in [-0.2, -0.15) is 0 Å². The number of nitrogens with one attached hydrogen (secondary N) is 1. The van der Waals surface area contributed by atoms with Crippen molar-refractivity contribution in [2.45, 2.75) is 31.8 Å². The van der Waals surface area contributed by atoms with Crippen LogP contribution >= 0.6 is 0 Å². The van der Waals surface area contributed by atoms with Gasteiger partial charge in [0.25, 0.3) is 0 Å². The third-order valence-electron chi connectivity index (χ3n) is 4.11. The molecule has 0 bridgehead atoms. The number of hydrogen-bond donors (Lipinski definition) is 1. The summed E-state index contributed by atoms with van der Waals surface area (Å²) >= 11 is 0. The second-order valence-corrected chi connectivity index (χ2v) is 8.20. The summed E-state index contributed by atoms with van der Waals surface area (Å²) in [6.07, 6.45) is 3.55. The molecule has 0 saturated carbocycles. The van der Waals surface area contributed by atoms with Gasteiger partial charge in [0.05, 0.1) is 5.75 Å². The van der Waals surface area contributed by atoms with Crippen LogP contribution in [0.5, 0.6) is 0 Å². The quantitative estimate of drug-likeness (QED) is 0.871. The van der Waals surface area contributed by atoms with E-state index >= 15 is 0 Å². The minimum absolute atomic E-state index is 0.245. The highest BCUT2D eigenvalue weighted by molar-refractivity contribution is 7.90. The second kappa shape index (κ2) is 7.38.